The van der Waals surface area contributed by atoms with Crippen molar-refractivity contribution in [2.24, 2.45) is 0 Å². The fraction of sp³-hybridized carbons (Fsp3) is 0.111. The van der Waals surface area contributed by atoms with E-state index >= 15 is 0 Å². The molecule has 0 aliphatic carbocycles. The van der Waals surface area contributed by atoms with E-state index in [0.29, 0.717) is 21.5 Å². The van der Waals surface area contributed by atoms with Crippen molar-refractivity contribution >= 4 is 43.9 Å². The molecule has 0 spiro atoms. The molecule has 8 nitrogen and oxygen atoms in total. The number of ether oxygens (including phenoxy) is 2. The van der Waals surface area contributed by atoms with Gasteiger partial charge >= 0.3 is 0 Å². The molecule has 0 aliphatic heterocycles. The lowest BCUT2D eigenvalue weighted by molar-refractivity contribution is 0.354. The molecule has 0 unspecified atom stereocenters. The van der Waals surface area contributed by atoms with Crippen LogP contribution in [0.1, 0.15) is 0 Å². The summed E-state index contributed by atoms with van der Waals surface area (Å²) in [5, 5.41) is 6.82. The molecule has 150 valence electrons. The molecular weight excluding hydrogens is 436 g/mol. The van der Waals surface area contributed by atoms with Gasteiger partial charge in [0.05, 0.1) is 24.8 Å². The highest BCUT2D eigenvalue weighted by atomic mass is 35.5. The summed E-state index contributed by atoms with van der Waals surface area (Å²) in [5.74, 6) is 0.709. The lowest BCUT2D eigenvalue weighted by Crippen LogP contribution is -2.14. The molecule has 0 amide bonds. The Morgan fingerprint density at radius 3 is 2.48 bits per heavy atom. The Kier molecular flexibility index (Phi) is 5.07. The lowest BCUT2D eigenvalue weighted by atomic mass is 10.2. The number of hydrogen-bond donors (Lipinski definition) is 1. The van der Waals surface area contributed by atoms with E-state index in [1.807, 2.05) is 17.5 Å². The van der Waals surface area contributed by atoms with E-state index in [4.69, 9.17) is 21.1 Å². The van der Waals surface area contributed by atoms with Crippen LogP contribution in [0.5, 0.6) is 11.5 Å². The van der Waals surface area contributed by atoms with Crippen LogP contribution in [0.3, 0.4) is 0 Å². The number of thiazole rings is 1. The monoisotopic (exact) mass is 450 g/mol. The molecule has 0 fully saturated rings. The quantitative estimate of drug-likeness (QED) is 0.478. The van der Waals surface area contributed by atoms with Gasteiger partial charge in [0, 0.05) is 22.0 Å². The van der Waals surface area contributed by atoms with Crippen LogP contribution in [-0.2, 0) is 10.0 Å². The van der Waals surface area contributed by atoms with Crippen LogP contribution in [0.4, 0.5) is 5.95 Å². The SMILES string of the molecule is COc1ccc(S(=O)(=O)Nc2nc3scc(-c4ccc(Cl)cc4)n3n2)cc1OC. The Bertz CT molecular complexity index is 1280. The number of nitrogens with one attached hydrogen (secondary N) is 1. The van der Waals surface area contributed by atoms with Gasteiger partial charge in [-0.2, -0.15) is 4.98 Å². The number of rotatable bonds is 6. The summed E-state index contributed by atoms with van der Waals surface area (Å²) in [6, 6.07) is 11.6. The molecule has 11 heteroatoms. The molecule has 4 rings (SSSR count). The minimum atomic E-state index is -3.92. The fourth-order valence-electron chi connectivity index (χ4n) is 2.71. The molecule has 0 bridgehead atoms. The van der Waals surface area contributed by atoms with Crippen LogP contribution in [0, 0.1) is 0 Å². The van der Waals surface area contributed by atoms with Crippen molar-refractivity contribution in [1.82, 2.24) is 14.6 Å². The van der Waals surface area contributed by atoms with Crippen molar-refractivity contribution in [1.29, 1.82) is 0 Å². The smallest absolute Gasteiger partial charge is 0.264 e. The lowest BCUT2D eigenvalue weighted by Gasteiger charge is -2.10. The number of hydrogen-bond acceptors (Lipinski definition) is 7. The van der Waals surface area contributed by atoms with Crippen LogP contribution in [0.25, 0.3) is 16.2 Å². The van der Waals surface area contributed by atoms with Gasteiger partial charge in [-0.3, -0.25) is 0 Å². The second-order valence-electron chi connectivity index (χ2n) is 5.88. The van der Waals surface area contributed by atoms with Gasteiger partial charge in [-0.1, -0.05) is 23.7 Å². The van der Waals surface area contributed by atoms with E-state index in [-0.39, 0.29) is 10.8 Å². The zero-order valence-electron chi connectivity index (χ0n) is 15.3. The molecule has 0 saturated heterocycles. The first-order chi connectivity index (χ1) is 13.9. The van der Waals surface area contributed by atoms with Crippen LogP contribution >= 0.6 is 22.9 Å². The maximum absolute atomic E-state index is 12.8. The highest BCUT2D eigenvalue weighted by Crippen LogP contribution is 2.31. The average molecular weight is 451 g/mol. The normalized spacial score (nSPS) is 11.6. The Balaban J connectivity index is 1.66. The Morgan fingerprint density at radius 2 is 1.79 bits per heavy atom. The highest BCUT2D eigenvalue weighted by Gasteiger charge is 2.20. The van der Waals surface area contributed by atoms with Crippen molar-refractivity contribution in [2.75, 3.05) is 18.9 Å². The molecule has 0 saturated carbocycles. The summed E-state index contributed by atoms with van der Waals surface area (Å²) in [6.07, 6.45) is 0. The number of methoxy groups -OCH3 is 2. The van der Waals surface area contributed by atoms with Gasteiger partial charge < -0.3 is 9.47 Å². The van der Waals surface area contributed by atoms with Gasteiger partial charge in [0.2, 0.25) is 4.96 Å². The summed E-state index contributed by atoms with van der Waals surface area (Å²) in [5.41, 5.74) is 1.67. The summed E-state index contributed by atoms with van der Waals surface area (Å²) in [4.78, 5) is 4.82. The van der Waals surface area contributed by atoms with Crippen molar-refractivity contribution in [3.63, 3.8) is 0 Å². The predicted octanol–water partition coefficient (Wildman–Crippen LogP) is 3.93. The predicted molar refractivity (Wildman–Crippen MR) is 112 cm³/mol. The minimum Gasteiger partial charge on any atom is -0.493 e. The maximum Gasteiger partial charge on any atom is 0.264 e. The third-order valence-corrected chi connectivity index (χ3v) is 6.51. The Morgan fingerprint density at radius 1 is 1.07 bits per heavy atom. The van der Waals surface area contributed by atoms with Gasteiger partial charge in [0.25, 0.3) is 16.0 Å². The van der Waals surface area contributed by atoms with Crippen molar-refractivity contribution in [2.45, 2.75) is 4.90 Å². The summed E-state index contributed by atoms with van der Waals surface area (Å²) in [6.45, 7) is 0. The summed E-state index contributed by atoms with van der Waals surface area (Å²) < 4.78 is 39.8. The van der Waals surface area contributed by atoms with E-state index in [9.17, 15) is 8.42 Å². The topological polar surface area (TPSA) is 94.8 Å². The van der Waals surface area contributed by atoms with Gasteiger partial charge in [0.15, 0.2) is 11.5 Å². The number of fused-ring (bicyclic) bond motifs is 1. The van der Waals surface area contributed by atoms with Crippen LogP contribution < -0.4 is 14.2 Å². The molecule has 0 radical (unpaired) electrons. The number of aromatic nitrogens is 3. The third kappa shape index (κ3) is 3.74. The molecule has 0 atom stereocenters. The standard InChI is InChI=1S/C18H15ClN4O4S2/c1-26-15-8-7-13(9-16(15)27-2)29(24,25)22-17-20-18-23(21-17)14(10-28-18)11-3-5-12(19)6-4-11/h3-10H,1-2H3,(H,21,22). The second-order valence-corrected chi connectivity index (χ2v) is 8.84. The van der Waals surface area contributed by atoms with Crippen molar-refractivity contribution in [3.8, 4) is 22.8 Å². The van der Waals surface area contributed by atoms with E-state index in [2.05, 4.69) is 14.8 Å². The third-order valence-electron chi connectivity index (χ3n) is 4.11. The molecule has 2 aromatic heterocycles. The number of benzene rings is 2. The van der Waals surface area contributed by atoms with Gasteiger partial charge in [0.1, 0.15) is 0 Å². The number of anilines is 1. The zero-order chi connectivity index (χ0) is 20.6. The van der Waals surface area contributed by atoms with E-state index < -0.39 is 10.0 Å². The Hall–Kier alpha value is -2.82. The van der Waals surface area contributed by atoms with Gasteiger partial charge in [-0.05, 0) is 24.3 Å². The van der Waals surface area contributed by atoms with E-state index in [1.165, 1.54) is 43.8 Å². The van der Waals surface area contributed by atoms with Crippen molar-refractivity contribution in [3.05, 3.63) is 52.9 Å². The molecule has 4 aromatic rings. The molecule has 1 N–H and O–H groups in total. The van der Waals surface area contributed by atoms with Crippen LogP contribution in [0.2, 0.25) is 5.02 Å². The first-order valence-corrected chi connectivity index (χ1v) is 11.0. The second kappa shape index (κ2) is 7.54. The van der Waals surface area contributed by atoms with Gasteiger partial charge in [-0.25, -0.2) is 17.7 Å². The number of nitrogens with zero attached hydrogens (tertiary/aromatic N) is 3. The van der Waals surface area contributed by atoms with Gasteiger partial charge in [-0.15, -0.1) is 16.4 Å². The fourth-order valence-corrected chi connectivity index (χ4v) is 4.62. The number of halogens is 1. The molecule has 29 heavy (non-hydrogen) atoms. The van der Waals surface area contributed by atoms with E-state index in [1.54, 1.807) is 16.6 Å². The highest BCUT2D eigenvalue weighted by molar-refractivity contribution is 7.92. The van der Waals surface area contributed by atoms with E-state index in [0.717, 1.165) is 11.3 Å². The average Bonchev–Trinajstić information content (AvgIpc) is 3.27. The summed E-state index contributed by atoms with van der Waals surface area (Å²) >= 11 is 7.29. The molecule has 2 aromatic carbocycles. The van der Waals surface area contributed by atoms with Crippen LogP contribution in [-0.4, -0.2) is 37.2 Å². The summed E-state index contributed by atoms with van der Waals surface area (Å²) in [7, 11) is -1.00. The molecular formula is C18H15ClN4O4S2. The first kappa shape index (κ1) is 19.5. The zero-order valence-corrected chi connectivity index (χ0v) is 17.7. The largest absolute Gasteiger partial charge is 0.493 e. The molecule has 0 aliphatic rings. The van der Waals surface area contributed by atoms with Crippen molar-refractivity contribution < 1.29 is 17.9 Å². The number of sulfonamides is 1. The van der Waals surface area contributed by atoms with Crippen LogP contribution in [0.15, 0.2) is 52.7 Å². The minimum absolute atomic E-state index is 0.00577. The maximum atomic E-state index is 12.8. The Labute approximate surface area is 175 Å². The molecule has 2 heterocycles. The first-order valence-electron chi connectivity index (χ1n) is 8.26.